The standard InChI is InChI=1S/C16H19NO2/c17-10-9-12-1-5-14(6-2-12)15-7-3-13(4-8-15)11-16(18)19/h1-2,5-6,13,15H,3-4,7-9,11H2,(H,18,19). The molecule has 1 aliphatic rings. The molecule has 1 saturated carbocycles. The zero-order valence-electron chi connectivity index (χ0n) is 11.0. The molecule has 0 bridgehead atoms. The summed E-state index contributed by atoms with van der Waals surface area (Å²) in [4.78, 5) is 10.7. The van der Waals surface area contributed by atoms with Gasteiger partial charge in [-0.3, -0.25) is 4.79 Å². The molecule has 0 saturated heterocycles. The molecule has 0 heterocycles. The number of nitriles is 1. The smallest absolute Gasteiger partial charge is 0.303 e. The summed E-state index contributed by atoms with van der Waals surface area (Å²) in [5.74, 6) is 0.233. The Hall–Kier alpha value is -1.82. The fourth-order valence-electron chi connectivity index (χ4n) is 2.95. The zero-order valence-corrected chi connectivity index (χ0v) is 11.0. The van der Waals surface area contributed by atoms with Crippen LogP contribution in [0.2, 0.25) is 0 Å². The molecule has 0 aliphatic heterocycles. The average Bonchev–Trinajstić information content (AvgIpc) is 2.40. The van der Waals surface area contributed by atoms with E-state index in [1.807, 2.05) is 12.1 Å². The summed E-state index contributed by atoms with van der Waals surface area (Å²) in [5.41, 5.74) is 2.39. The van der Waals surface area contributed by atoms with E-state index in [9.17, 15) is 4.79 Å². The van der Waals surface area contributed by atoms with Crippen molar-refractivity contribution in [2.24, 2.45) is 5.92 Å². The number of carboxylic acid groups (broad SMARTS) is 1. The van der Waals surface area contributed by atoms with E-state index >= 15 is 0 Å². The molecule has 1 aliphatic carbocycles. The van der Waals surface area contributed by atoms with E-state index in [1.54, 1.807) is 0 Å². The van der Waals surface area contributed by atoms with Crippen molar-refractivity contribution in [2.75, 3.05) is 0 Å². The van der Waals surface area contributed by atoms with Gasteiger partial charge < -0.3 is 5.11 Å². The quantitative estimate of drug-likeness (QED) is 0.898. The van der Waals surface area contributed by atoms with Gasteiger partial charge in [0.05, 0.1) is 12.5 Å². The third-order valence-corrected chi connectivity index (χ3v) is 4.04. The lowest BCUT2D eigenvalue weighted by atomic mass is 9.77. The van der Waals surface area contributed by atoms with Gasteiger partial charge in [-0.25, -0.2) is 0 Å². The summed E-state index contributed by atoms with van der Waals surface area (Å²) in [6.45, 7) is 0. The van der Waals surface area contributed by atoms with Crippen LogP contribution in [0.25, 0.3) is 0 Å². The third-order valence-electron chi connectivity index (χ3n) is 4.04. The molecule has 1 fully saturated rings. The van der Waals surface area contributed by atoms with Gasteiger partial charge in [0.15, 0.2) is 0 Å². The van der Waals surface area contributed by atoms with Crippen molar-refractivity contribution in [3.8, 4) is 6.07 Å². The molecule has 19 heavy (non-hydrogen) atoms. The molecule has 0 aromatic heterocycles. The normalized spacial score (nSPS) is 22.7. The summed E-state index contributed by atoms with van der Waals surface area (Å²) in [6.07, 6.45) is 4.96. The third kappa shape index (κ3) is 3.82. The number of nitrogens with zero attached hydrogens (tertiary/aromatic N) is 1. The molecule has 0 atom stereocenters. The van der Waals surface area contributed by atoms with Gasteiger partial charge in [0.2, 0.25) is 0 Å². The van der Waals surface area contributed by atoms with Gasteiger partial charge in [-0.1, -0.05) is 24.3 Å². The molecule has 100 valence electrons. The molecule has 3 nitrogen and oxygen atoms in total. The Bertz CT molecular complexity index is 465. The van der Waals surface area contributed by atoms with Gasteiger partial charge in [0.25, 0.3) is 0 Å². The highest BCUT2D eigenvalue weighted by Crippen LogP contribution is 2.37. The van der Waals surface area contributed by atoms with Crippen molar-refractivity contribution in [3.05, 3.63) is 35.4 Å². The van der Waals surface area contributed by atoms with E-state index in [-0.39, 0.29) is 0 Å². The number of benzene rings is 1. The van der Waals surface area contributed by atoms with Gasteiger partial charge in [-0.2, -0.15) is 5.26 Å². The van der Waals surface area contributed by atoms with Crippen LogP contribution in [0.4, 0.5) is 0 Å². The first-order valence-electron chi connectivity index (χ1n) is 6.86. The lowest BCUT2D eigenvalue weighted by Gasteiger charge is -2.28. The lowest BCUT2D eigenvalue weighted by Crippen LogP contribution is -2.16. The highest BCUT2D eigenvalue weighted by atomic mass is 16.4. The largest absolute Gasteiger partial charge is 0.481 e. The van der Waals surface area contributed by atoms with Crippen LogP contribution in [0.3, 0.4) is 0 Å². The fourth-order valence-corrected chi connectivity index (χ4v) is 2.95. The monoisotopic (exact) mass is 257 g/mol. The van der Waals surface area contributed by atoms with Crippen LogP contribution in [0, 0.1) is 17.2 Å². The Balaban J connectivity index is 1.90. The summed E-state index contributed by atoms with van der Waals surface area (Å²) in [7, 11) is 0. The van der Waals surface area contributed by atoms with Crippen LogP contribution >= 0.6 is 0 Å². The van der Waals surface area contributed by atoms with Gasteiger partial charge in [0, 0.05) is 6.42 Å². The van der Waals surface area contributed by atoms with Crippen molar-refractivity contribution in [2.45, 2.75) is 44.4 Å². The van der Waals surface area contributed by atoms with Crippen molar-refractivity contribution < 1.29 is 9.90 Å². The first-order chi connectivity index (χ1) is 9.19. The average molecular weight is 257 g/mol. The maximum absolute atomic E-state index is 10.7. The van der Waals surface area contributed by atoms with Crippen LogP contribution in [-0.2, 0) is 11.2 Å². The Morgan fingerprint density at radius 1 is 1.21 bits per heavy atom. The van der Waals surface area contributed by atoms with Crippen LogP contribution < -0.4 is 0 Å². The molecular formula is C16H19NO2. The second-order valence-electron chi connectivity index (χ2n) is 5.39. The fraction of sp³-hybridized carbons (Fsp3) is 0.500. The topological polar surface area (TPSA) is 61.1 Å². The van der Waals surface area contributed by atoms with Crippen molar-refractivity contribution in [1.29, 1.82) is 5.26 Å². The van der Waals surface area contributed by atoms with Crippen molar-refractivity contribution in [3.63, 3.8) is 0 Å². The van der Waals surface area contributed by atoms with Crippen LogP contribution in [0.5, 0.6) is 0 Å². The van der Waals surface area contributed by atoms with Gasteiger partial charge in [-0.05, 0) is 48.6 Å². The Kier molecular flexibility index (Phi) is 4.57. The summed E-state index contributed by atoms with van der Waals surface area (Å²) in [5, 5.41) is 17.4. The van der Waals surface area contributed by atoms with Crippen LogP contribution in [0.15, 0.2) is 24.3 Å². The molecule has 1 aromatic carbocycles. The molecule has 0 spiro atoms. The Morgan fingerprint density at radius 3 is 2.37 bits per heavy atom. The number of hydrogen-bond acceptors (Lipinski definition) is 2. The number of rotatable bonds is 4. The first-order valence-corrected chi connectivity index (χ1v) is 6.86. The van der Waals surface area contributed by atoms with Crippen molar-refractivity contribution >= 4 is 5.97 Å². The van der Waals surface area contributed by atoms with Crippen LogP contribution in [0.1, 0.15) is 49.1 Å². The molecule has 0 unspecified atom stereocenters. The van der Waals surface area contributed by atoms with Gasteiger partial charge in [-0.15, -0.1) is 0 Å². The number of carbonyl (C=O) groups is 1. The van der Waals surface area contributed by atoms with Gasteiger partial charge >= 0.3 is 5.97 Å². The SMILES string of the molecule is N#CCc1ccc(C2CCC(CC(=O)O)CC2)cc1. The number of carboxylic acids is 1. The molecule has 0 amide bonds. The Morgan fingerprint density at radius 2 is 1.84 bits per heavy atom. The molecule has 2 rings (SSSR count). The maximum atomic E-state index is 10.7. The summed E-state index contributed by atoms with van der Waals surface area (Å²) in [6, 6.07) is 10.5. The first kappa shape index (κ1) is 13.6. The molecule has 0 radical (unpaired) electrons. The van der Waals surface area contributed by atoms with Crippen LogP contribution in [-0.4, -0.2) is 11.1 Å². The van der Waals surface area contributed by atoms with Crippen molar-refractivity contribution in [1.82, 2.24) is 0 Å². The molecule has 1 N–H and O–H groups in total. The van der Waals surface area contributed by atoms with Gasteiger partial charge in [0.1, 0.15) is 0 Å². The van der Waals surface area contributed by atoms with E-state index in [1.165, 1.54) is 5.56 Å². The minimum atomic E-state index is -0.677. The molecular weight excluding hydrogens is 238 g/mol. The second-order valence-corrected chi connectivity index (χ2v) is 5.39. The van der Waals surface area contributed by atoms with E-state index in [0.29, 0.717) is 24.7 Å². The molecule has 1 aromatic rings. The van der Waals surface area contributed by atoms with E-state index in [2.05, 4.69) is 18.2 Å². The maximum Gasteiger partial charge on any atom is 0.303 e. The highest BCUT2D eigenvalue weighted by Gasteiger charge is 2.23. The Labute approximate surface area is 113 Å². The predicted molar refractivity (Wildman–Crippen MR) is 72.7 cm³/mol. The minimum Gasteiger partial charge on any atom is -0.481 e. The summed E-state index contributed by atoms with van der Waals surface area (Å²) < 4.78 is 0. The van der Waals surface area contributed by atoms with E-state index in [0.717, 1.165) is 31.2 Å². The number of hydrogen-bond donors (Lipinski definition) is 1. The summed E-state index contributed by atoms with van der Waals surface area (Å²) >= 11 is 0. The van der Waals surface area contributed by atoms with E-state index < -0.39 is 5.97 Å². The second kappa shape index (κ2) is 6.38. The molecule has 3 heteroatoms. The lowest BCUT2D eigenvalue weighted by molar-refractivity contribution is -0.138. The predicted octanol–water partition coefficient (Wildman–Crippen LogP) is 3.50. The van der Waals surface area contributed by atoms with E-state index in [4.69, 9.17) is 10.4 Å². The highest BCUT2D eigenvalue weighted by molar-refractivity contribution is 5.67. The number of aliphatic carboxylic acids is 1. The minimum absolute atomic E-state index is 0.313. The zero-order chi connectivity index (χ0) is 13.7.